The number of aromatic nitrogens is 3. The summed E-state index contributed by atoms with van der Waals surface area (Å²) in [5.74, 6) is 1.57. The predicted molar refractivity (Wildman–Crippen MR) is 88.0 cm³/mol. The van der Waals surface area contributed by atoms with Gasteiger partial charge in [0.25, 0.3) is 0 Å². The van der Waals surface area contributed by atoms with E-state index in [0.717, 1.165) is 48.3 Å². The minimum atomic E-state index is -0.170. The third-order valence-electron chi connectivity index (χ3n) is 4.51. The maximum absolute atomic E-state index is 13.8. The van der Waals surface area contributed by atoms with Crippen LogP contribution in [0.15, 0.2) is 41.2 Å². The predicted octanol–water partition coefficient (Wildman–Crippen LogP) is 4.24. The van der Waals surface area contributed by atoms with Gasteiger partial charge in [0.1, 0.15) is 23.6 Å². The molecule has 1 unspecified atom stereocenters. The van der Waals surface area contributed by atoms with Crippen molar-refractivity contribution in [3.63, 3.8) is 0 Å². The summed E-state index contributed by atoms with van der Waals surface area (Å²) in [4.78, 5) is 12.8. The zero-order chi connectivity index (χ0) is 16.5. The van der Waals surface area contributed by atoms with Crippen LogP contribution in [0.1, 0.15) is 41.3 Å². The molecule has 24 heavy (non-hydrogen) atoms. The van der Waals surface area contributed by atoms with Crippen LogP contribution in [-0.2, 0) is 12.8 Å². The smallest absolute Gasteiger partial charge is 0.245 e. The molecule has 5 heteroatoms. The van der Waals surface area contributed by atoms with E-state index in [1.807, 2.05) is 6.92 Å². The lowest BCUT2D eigenvalue weighted by atomic mass is 9.90. The van der Waals surface area contributed by atoms with E-state index in [4.69, 9.17) is 4.42 Å². The molecule has 0 spiro atoms. The minimum Gasteiger partial charge on any atom is -0.440 e. The van der Waals surface area contributed by atoms with E-state index < -0.39 is 0 Å². The summed E-state index contributed by atoms with van der Waals surface area (Å²) in [6.07, 6.45) is 6.81. The highest BCUT2D eigenvalue weighted by Gasteiger charge is 2.24. The number of oxazole rings is 1. The van der Waals surface area contributed by atoms with Gasteiger partial charge in [-0.2, -0.15) is 0 Å². The van der Waals surface area contributed by atoms with Crippen molar-refractivity contribution in [2.45, 2.75) is 38.5 Å². The Balaban J connectivity index is 1.66. The number of fused-ring (bicyclic) bond motifs is 1. The summed E-state index contributed by atoms with van der Waals surface area (Å²) in [7, 11) is 0. The van der Waals surface area contributed by atoms with Crippen LogP contribution in [0.4, 0.5) is 4.39 Å². The Hall–Kier alpha value is -2.56. The Morgan fingerprint density at radius 3 is 2.96 bits per heavy atom. The van der Waals surface area contributed by atoms with Crippen LogP contribution in [-0.4, -0.2) is 15.0 Å². The standard InChI is InChI=1S/C19H18FN3O/c1-12-7-14(9-15(20)8-12)13-3-2-4-18-17(10-13)23-19(24-18)16-5-6-21-11-22-16/h5-9,11,13H,2-4,10H2,1H3. The lowest BCUT2D eigenvalue weighted by Crippen LogP contribution is -2.03. The molecule has 2 aromatic heterocycles. The fourth-order valence-electron chi connectivity index (χ4n) is 3.39. The van der Waals surface area contributed by atoms with Crippen LogP contribution in [0.25, 0.3) is 11.6 Å². The fraction of sp³-hybridized carbons (Fsp3) is 0.316. The molecule has 1 aliphatic rings. The summed E-state index contributed by atoms with van der Waals surface area (Å²) >= 11 is 0. The fourth-order valence-corrected chi connectivity index (χ4v) is 3.39. The van der Waals surface area contributed by atoms with Crippen LogP contribution < -0.4 is 0 Å². The highest BCUT2D eigenvalue weighted by molar-refractivity contribution is 5.46. The third kappa shape index (κ3) is 2.94. The first-order valence-electron chi connectivity index (χ1n) is 8.21. The molecule has 0 radical (unpaired) electrons. The number of benzene rings is 1. The Morgan fingerprint density at radius 1 is 1.25 bits per heavy atom. The lowest BCUT2D eigenvalue weighted by Gasteiger charge is -2.15. The number of nitrogens with zero attached hydrogens (tertiary/aromatic N) is 3. The molecule has 0 saturated heterocycles. The molecular weight excluding hydrogens is 305 g/mol. The molecule has 0 bridgehead atoms. The monoisotopic (exact) mass is 323 g/mol. The molecule has 4 rings (SSSR count). The van der Waals surface area contributed by atoms with E-state index in [0.29, 0.717) is 11.6 Å². The molecule has 4 nitrogen and oxygen atoms in total. The molecule has 0 N–H and O–H groups in total. The SMILES string of the molecule is Cc1cc(F)cc(C2CCCc3oc(-c4ccncn4)nc3C2)c1. The quantitative estimate of drug-likeness (QED) is 0.662. The molecule has 3 aromatic rings. The molecule has 1 aromatic carbocycles. The van der Waals surface area contributed by atoms with Crippen molar-refractivity contribution in [3.05, 3.63) is 65.2 Å². The largest absolute Gasteiger partial charge is 0.440 e. The normalized spacial score (nSPS) is 17.3. The second-order valence-corrected chi connectivity index (χ2v) is 6.34. The van der Waals surface area contributed by atoms with Gasteiger partial charge < -0.3 is 4.42 Å². The van der Waals surface area contributed by atoms with Crippen LogP contribution in [0, 0.1) is 12.7 Å². The van der Waals surface area contributed by atoms with E-state index in [1.165, 1.54) is 6.33 Å². The van der Waals surface area contributed by atoms with Crippen molar-refractivity contribution >= 4 is 0 Å². The van der Waals surface area contributed by atoms with Gasteiger partial charge in [-0.15, -0.1) is 0 Å². The van der Waals surface area contributed by atoms with Gasteiger partial charge in [-0.3, -0.25) is 0 Å². The van der Waals surface area contributed by atoms with Crippen molar-refractivity contribution in [3.8, 4) is 11.6 Å². The number of hydrogen-bond acceptors (Lipinski definition) is 4. The summed E-state index contributed by atoms with van der Waals surface area (Å²) in [5, 5.41) is 0. The molecule has 0 saturated carbocycles. The minimum absolute atomic E-state index is 0.170. The van der Waals surface area contributed by atoms with Gasteiger partial charge in [0.2, 0.25) is 5.89 Å². The first-order chi connectivity index (χ1) is 11.7. The average Bonchev–Trinajstić information content (AvgIpc) is 2.86. The number of aryl methyl sites for hydroxylation is 2. The van der Waals surface area contributed by atoms with Crippen molar-refractivity contribution in [1.29, 1.82) is 0 Å². The van der Waals surface area contributed by atoms with Gasteiger partial charge in [0.05, 0.1) is 5.69 Å². The molecule has 0 fully saturated rings. The Kier molecular flexibility index (Phi) is 3.84. The van der Waals surface area contributed by atoms with Crippen molar-refractivity contribution < 1.29 is 8.81 Å². The molecule has 1 aliphatic carbocycles. The molecule has 1 atom stereocenters. The van der Waals surface area contributed by atoms with Crippen LogP contribution in [0.3, 0.4) is 0 Å². The molecule has 0 amide bonds. The average molecular weight is 323 g/mol. The second-order valence-electron chi connectivity index (χ2n) is 6.34. The Bertz CT molecular complexity index is 840. The Labute approximate surface area is 139 Å². The molecule has 0 aliphatic heterocycles. The first-order valence-corrected chi connectivity index (χ1v) is 8.21. The molecular formula is C19H18FN3O. The van der Waals surface area contributed by atoms with Crippen LogP contribution in [0.2, 0.25) is 0 Å². The molecule has 122 valence electrons. The maximum Gasteiger partial charge on any atom is 0.245 e. The summed E-state index contributed by atoms with van der Waals surface area (Å²) in [6.45, 7) is 1.93. The van der Waals surface area contributed by atoms with Crippen molar-refractivity contribution in [2.75, 3.05) is 0 Å². The zero-order valence-electron chi connectivity index (χ0n) is 13.5. The van der Waals surface area contributed by atoms with Gasteiger partial charge in [0.15, 0.2) is 0 Å². The summed E-state index contributed by atoms with van der Waals surface area (Å²) in [5.41, 5.74) is 3.66. The van der Waals surface area contributed by atoms with E-state index in [-0.39, 0.29) is 11.7 Å². The highest BCUT2D eigenvalue weighted by Crippen LogP contribution is 2.34. The van der Waals surface area contributed by atoms with Gasteiger partial charge in [0, 0.05) is 19.0 Å². The van der Waals surface area contributed by atoms with E-state index in [1.54, 1.807) is 24.4 Å². The van der Waals surface area contributed by atoms with E-state index in [9.17, 15) is 4.39 Å². The summed E-state index contributed by atoms with van der Waals surface area (Å²) < 4.78 is 19.7. The third-order valence-corrected chi connectivity index (χ3v) is 4.51. The van der Waals surface area contributed by atoms with Crippen LogP contribution >= 0.6 is 0 Å². The first kappa shape index (κ1) is 15.0. The number of halogens is 1. The second kappa shape index (κ2) is 6.15. The summed E-state index contributed by atoms with van der Waals surface area (Å²) in [6, 6.07) is 7.08. The van der Waals surface area contributed by atoms with E-state index >= 15 is 0 Å². The maximum atomic E-state index is 13.8. The van der Waals surface area contributed by atoms with Crippen molar-refractivity contribution in [1.82, 2.24) is 15.0 Å². The van der Waals surface area contributed by atoms with Gasteiger partial charge in [-0.05, 0) is 55.0 Å². The zero-order valence-corrected chi connectivity index (χ0v) is 13.5. The van der Waals surface area contributed by atoms with Gasteiger partial charge in [-0.1, -0.05) is 6.07 Å². The van der Waals surface area contributed by atoms with Crippen LogP contribution in [0.5, 0.6) is 0 Å². The number of hydrogen-bond donors (Lipinski definition) is 0. The number of rotatable bonds is 2. The van der Waals surface area contributed by atoms with Gasteiger partial charge in [-0.25, -0.2) is 19.3 Å². The Morgan fingerprint density at radius 2 is 2.17 bits per heavy atom. The van der Waals surface area contributed by atoms with E-state index in [2.05, 4.69) is 21.0 Å². The van der Waals surface area contributed by atoms with Crippen molar-refractivity contribution in [2.24, 2.45) is 0 Å². The highest BCUT2D eigenvalue weighted by atomic mass is 19.1. The topological polar surface area (TPSA) is 51.8 Å². The van der Waals surface area contributed by atoms with Gasteiger partial charge >= 0.3 is 0 Å². The lowest BCUT2D eigenvalue weighted by molar-refractivity contribution is 0.504. The molecule has 2 heterocycles.